The van der Waals surface area contributed by atoms with Crippen LogP contribution in [0.3, 0.4) is 0 Å². The first-order valence-corrected chi connectivity index (χ1v) is 11.3. The van der Waals surface area contributed by atoms with Gasteiger partial charge in [0.2, 0.25) is 0 Å². The van der Waals surface area contributed by atoms with Crippen molar-refractivity contribution in [3.8, 4) is 0 Å². The number of piperidine rings is 1. The lowest BCUT2D eigenvalue weighted by Crippen LogP contribution is -2.51. The maximum atomic E-state index is 12.5. The first-order chi connectivity index (χ1) is 14.3. The van der Waals surface area contributed by atoms with Crippen LogP contribution in [-0.2, 0) is 4.74 Å². The molecule has 2 aliphatic heterocycles. The van der Waals surface area contributed by atoms with Gasteiger partial charge in [0.25, 0.3) is 5.91 Å². The van der Waals surface area contributed by atoms with Gasteiger partial charge < -0.3 is 20.3 Å². The van der Waals surface area contributed by atoms with Crippen LogP contribution in [0.1, 0.15) is 82.5 Å². The molecule has 4 rings (SSSR count). The molecule has 3 heterocycles. The molecule has 2 saturated heterocycles. The van der Waals surface area contributed by atoms with Gasteiger partial charge in [-0.3, -0.25) is 4.79 Å². The first-order valence-electron chi connectivity index (χ1n) is 11.3. The molecule has 1 aliphatic carbocycles. The lowest BCUT2D eigenvalue weighted by Gasteiger charge is -2.40. The fourth-order valence-corrected chi connectivity index (χ4v) is 5.16. The van der Waals surface area contributed by atoms with Gasteiger partial charge in [-0.05, 0) is 71.4 Å². The van der Waals surface area contributed by atoms with Crippen molar-refractivity contribution in [1.82, 2.24) is 15.6 Å². The van der Waals surface area contributed by atoms with Gasteiger partial charge in [-0.2, -0.15) is 0 Å². The zero-order chi connectivity index (χ0) is 21.3. The first kappa shape index (κ1) is 20.9. The summed E-state index contributed by atoms with van der Waals surface area (Å²) in [5, 5.41) is 6.16. The lowest BCUT2D eigenvalue weighted by atomic mass is 9.97. The molecule has 1 aromatic heterocycles. The molecule has 2 bridgehead atoms. The predicted molar refractivity (Wildman–Crippen MR) is 116 cm³/mol. The van der Waals surface area contributed by atoms with Gasteiger partial charge >= 0.3 is 6.09 Å². The standard InChI is InChI=1S/C23H34N4O3/c1-23(2,3)30-22(29)26-17-12-18-9-10-19(13-17)27(18)20-11-8-15(14-24-20)21(28)25-16-6-4-5-7-16/h8,11,14,16-19H,4-7,9-10,12-13H2,1-3H3,(H,25,28)(H,26,29)/t17?,18-,19+. The summed E-state index contributed by atoms with van der Waals surface area (Å²) in [4.78, 5) is 31.6. The smallest absolute Gasteiger partial charge is 0.407 e. The highest BCUT2D eigenvalue weighted by molar-refractivity contribution is 5.94. The van der Waals surface area contributed by atoms with Crippen LogP contribution in [0.2, 0.25) is 0 Å². The van der Waals surface area contributed by atoms with E-state index in [4.69, 9.17) is 4.74 Å². The maximum Gasteiger partial charge on any atom is 0.407 e. The predicted octanol–water partition coefficient (Wildman–Crippen LogP) is 3.78. The number of aromatic nitrogens is 1. The van der Waals surface area contributed by atoms with Crippen molar-refractivity contribution in [1.29, 1.82) is 0 Å². The second-order valence-electron chi connectivity index (χ2n) is 9.97. The van der Waals surface area contributed by atoms with Crippen LogP contribution in [0, 0.1) is 0 Å². The van der Waals surface area contributed by atoms with E-state index in [2.05, 4.69) is 20.5 Å². The Kier molecular flexibility index (Phi) is 5.89. The number of carbonyl (C=O) groups excluding carboxylic acids is 2. The molecular formula is C23H34N4O3. The lowest BCUT2D eigenvalue weighted by molar-refractivity contribution is 0.0492. The number of amides is 2. The van der Waals surface area contributed by atoms with Crippen LogP contribution in [0.15, 0.2) is 18.3 Å². The van der Waals surface area contributed by atoms with E-state index in [1.165, 1.54) is 12.8 Å². The van der Waals surface area contributed by atoms with Crippen LogP contribution >= 0.6 is 0 Å². The molecule has 2 N–H and O–H groups in total. The molecular weight excluding hydrogens is 380 g/mol. The third-order valence-electron chi connectivity index (χ3n) is 6.42. The number of fused-ring (bicyclic) bond motifs is 2. The third kappa shape index (κ3) is 4.87. The third-order valence-corrected chi connectivity index (χ3v) is 6.42. The fourth-order valence-electron chi connectivity index (χ4n) is 5.16. The largest absolute Gasteiger partial charge is 0.444 e. The summed E-state index contributed by atoms with van der Waals surface area (Å²) in [5.74, 6) is 0.903. The number of ether oxygens (including phenoxy) is 1. The summed E-state index contributed by atoms with van der Waals surface area (Å²) in [6.45, 7) is 5.63. The minimum atomic E-state index is -0.487. The van der Waals surface area contributed by atoms with Crippen molar-refractivity contribution in [2.45, 2.75) is 102 Å². The summed E-state index contributed by atoms with van der Waals surface area (Å²) < 4.78 is 5.41. The SMILES string of the molecule is CC(C)(C)OC(=O)NC1C[C@H]2CC[C@@H](C1)N2c1ccc(C(=O)NC2CCCC2)cn1. The van der Waals surface area contributed by atoms with E-state index in [9.17, 15) is 9.59 Å². The average molecular weight is 415 g/mol. The summed E-state index contributed by atoms with van der Waals surface area (Å²) in [5.41, 5.74) is 0.138. The van der Waals surface area contributed by atoms with Crippen LogP contribution in [0.25, 0.3) is 0 Å². The summed E-state index contributed by atoms with van der Waals surface area (Å²) in [6.07, 6.45) is 9.89. The molecule has 7 heteroatoms. The van der Waals surface area contributed by atoms with Gasteiger partial charge in [0.1, 0.15) is 11.4 Å². The number of anilines is 1. The zero-order valence-electron chi connectivity index (χ0n) is 18.3. The van der Waals surface area contributed by atoms with E-state index in [-0.39, 0.29) is 18.0 Å². The van der Waals surface area contributed by atoms with Gasteiger partial charge in [-0.25, -0.2) is 9.78 Å². The van der Waals surface area contributed by atoms with Crippen molar-refractivity contribution in [2.75, 3.05) is 4.90 Å². The molecule has 0 aromatic carbocycles. The van der Waals surface area contributed by atoms with Gasteiger partial charge in [0.05, 0.1) is 5.56 Å². The molecule has 3 atom stereocenters. The van der Waals surface area contributed by atoms with Gasteiger partial charge in [0.15, 0.2) is 0 Å². The Labute approximate surface area is 178 Å². The molecule has 3 aliphatic rings. The molecule has 2 amide bonds. The van der Waals surface area contributed by atoms with Crippen molar-refractivity contribution in [3.63, 3.8) is 0 Å². The molecule has 1 aromatic rings. The van der Waals surface area contributed by atoms with Crippen LogP contribution in [0.5, 0.6) is 0 Å². The van der Waals surface area contributed by atoms with Gasteiger partial charge in [-0.15, -0.1) is 0 Å². The second-order valence-corrected chi connectivity index (χ2v) is 9.97. The van der Waals surface area contributed by atoms with E-state index < -0.39 is 5.60 Å². The quantitative estimate of drug-likeness (QED) is 0.783. The second kappa shape index (κ2) is 8.44. The summed E-state index contributed by atoms with van der Waals surface area (Å²) in [6, 6.07) is 5.01. The Morgan fingerprint density at radius 2 is 1.67 bits per heavy atom. The Hall–Kier alpha value is -2.31. The number of rotatable bonds is 4. The minimum Gasteiger partial charge on any atom is -0.444 e. The Morgan fingerprint density at radius 1 is 1.00 bits per heavy atom. The fraction of sp³-hybridized carbons (Fsp3) is 0.696. The number of nitrogens with one attached hydrogen (secondary N) is 2. The number of hydrogen-bond acceptors (Lipinski definition) is 5. The molecule has 1 unspecified atom stereocenters. The van der Waals surface area contributed by atoms with E-state index >= 15 is 0 Å². The van der Waals surface area contributed by atoms with E-state index in [0.29, 0.717) is 23.7 Å². The average Bonchev–Trinajstić information content (AvgIpc) is 3.26. The Balaban J connectivity index is 1.35. The van der Waals surface area contributed by atoms with Gasteiger partial charge in [-0.1, -0.05) is 12.8 Å². The molecule has 3 fully saturated rings. The number of carbonyl (C=O) groups is 2. The summed E-state index contributed by atoms with van der Waals surface area (Å²) in [7, 11) is 0. The highest BCUT2D eigenvalue weighted by Gasteiger charge is 2.42. The number of alkyl carbamates (subject to hydrolysis) is 1. The van der Waals surface area contributed by atoms with E-state index in [0.717, 1.165) is 44.3 Å². The maximum absolute atomic E-state index is 12.5. The summed E-state index contributed by atoms with van der Waals surface area (Å²) >= 11 is 0. The van der Waals surface area contributed by atoms with E-state index in [1.54, 1.807) is 6.20 Å². The van der Waals surface area contributed by atoms with Crippen LogP contribution < -0.4 is 15.5 Å². The van der Waals surface area contributed by atoms with Crippen LogP contribution in [-0.4, -0.2) is 46.8 Å². The number of pyridine rings is 1. The highest BCUT2D eigenvalue weighted by atomic mass is 16.6. The molecule has 1 saturated carbocycles. The molecule has 0 radical (unpaired) electrons. The number of hydrogen-bond donors (Lipinski definition) is 2. The normalized spacial score (nSPS) is 26.5. The van der Waals surface area contributed by atoms with E-state index in [1.807, 2.05) is 32.9 Å². The Bertz CT molecular complexity index is 754. The minimum absolute atomic E-state index is 0.0239. The van der Waals surface area contributed by atoms with Crippen LogP contribution in [0.4, 0.5) is 10.6 Å². The van der Waals surface area contributed by atoms with Gasteiger partial charge in [0, 0.05) is 30.4 Å². The van der Waals surface area contributed by atoms with Crippen molar-refractivity contribution in [2.24, 2.45) is 0 Å². The Morgan fingerprint density at radius 3 is 2.23 bits per heavy atom. The zero-order valence-corrected chi connectivity index (χ0v) is 18.3. The topological polar surface area (TPSA) is 83.6 Å². The molecule has 164 valence electrons. The number of nitrogens with zero attached hydrogens (tertiary/aromatic N) is 2. The molecule has 30 heavy (non-hydrogen) atoms. The molecule has 7 nitrogen and oxygen atoms in total. The monoisotopic (exact) mass is 414 g/mol. The molecule has 0 spiro atoms. The van der Waals surface area contributed by atoms with Crippen molar-refractivity contribution in [3.05, 3.63) is 23.9 Å². The van der Waals surface area contributed by atoms with Crippen molar-refractivity contribution < 1.29 is 14.3 Å². The highest BCUT2D eigenvalue weighted by Crippen LogP contribution is 2.38. The van der Waals surface area contributed by atoms with Crippen molar-refractivity contribution >= 4 is 17.8 Å².